The summed E-state index contributed by atoms with van der Waals surface area (Å²) in [5, 5.41) is 8.73. The molecule has 0 saturated carbocycles. The minimum Gasteiger partial charge on any atom is -0.207 e. The third-order valence-electron chi connectivity index (χ3n) is 1.37. The van der Waals surface area contributed by atoms with E-state index in [1.165, 1.54) is 6.07 Å². The normalized spacial score (nSPS) is 11.0. The van der Waals surface area contributed by atoms with Crippen LogP contribution in [0.3, 0.4) is 0 Å². The Morgan fingerprint density at radius 3 is 2.50 bits per heavy atom. The molecule has 14 heavy (non-hydrogen) atoms. The van der Waals surface area contributed by atoms with Gasteiger partial charge in [-0.15, -0.1) is 0 Å². The van der Waals surface area contributed by atoms with Gasteiger partial charge in [0.25, 0.3) is 9.05 Å². The second kappa shape index (κ2) is 4.35. The minimum absolute atomic E-state index is 0.0405. The molecule has 1 aromatic rings. The molecule has 0 radical (unpaired) electrons. The van der Waals surface area contributed by atoms with Crippen LogP contribution in [0, 0.1) is 14.9 Å². The Labute approximate surface area is 108 Å². The number of rotatable bonds is 1. The summed E-state index contributed by atoms with van der Waals surface area (Å²) in [6.07, 6.45) is 0. The molecule has 1 aromatic carbocycles. The number of halogens is 3. The van der Waals surface area contributed by atoms with Crippen molar-refractivity contribution in [2.24, 2.45) is 0 Å². The molecule has 0 amide bonds. The molecule has 3 nitrogen and oxygen atoms in total. The van der Waals surface area contributed by atoms with Crippen LogP contribution in [0.5, 0.6) is 0 Å². The maximum Gasteiger partial charge on any atom is 0.263 e. The smallest absolute Gasteiger partial charge is 0.207 e. The van der Waals surface area contributed by atoms with E-state index in [2.05, 4.69) is 15.9 Å². The van der Waals surface area contributed by atoms with Crippen molar-refractivity contribution >= 4 is 58.3 Å². The maximum atomic E-state index is 11.1. The molecule has 0 saturated heterocycles. The average molecular weight is 406 g/mol. The van der Waals surface area contributed by atoms with Crippen LogP contribution in [0.4, 0.5) is 0 Å². The van der Waals surface area contributed by atoms with E-state index in [-0.39, 0.29) is 10.5 Å². The van der Waals surface area contributed by atoms with Gasteiger partial charge < -0.3 is 0 Å². The third-order valence-corrected chi connectivity index (χ3v) is 4.27. The van der Waals surface area contributed by atoms with Crippen LogP contribution in [-0.2, 0) is 9.05 Å². The minimum atomic E-state index is -3.89. The van der Waals surface area contributed by atoms with Gasteiger partial charge in [0.1, 0.15) is 11.0 Å². The first kappa shape index (κ1) is 12.2. The van der Waals surface area contributed by atoms with Crippen molar-refractivity contribution in [1.82, 2.24) is 0 Å². The van der Waals surface area contributed by atoms with Crippen LogP contribution in [0.15, 0.2) is 21.5 Å². The van der Waals surface area contributed by atoms with E-state index >= 15 is 0 Å². The van der Waals surface area contributed by atoms with Crippen molar-refractivity contribution in [3.8, 4) is 6.07 Å². The molecular weight excluding hydrogens is 404 g/mol. The van der Waals surface area contributed by atoms with E-state index in [4.69, 9.17) is 15.9 Å². The number of hydrogen-bond acceptors (Lipinski definition) is 3. The fourth-order valence-electron chi connectivity index (χ4n) is 0.891. The zero-order valence-corrected chi connectivity index (χ0v) is 11.8. The number of hydrogen-bond donors (Lipinski definition) is 0. The largest absolute Gasteiger partial charge is 0.263 e. The van der Waals surface area contributed by atoms with E-state index < -0.39 is 9.05 Å². The molecule has 0 aromatic heterocycles. The highest BCUT2D eigenvalue weighted by Crippen LogP contribution is 2.30. The topological polar surface area (TPSA) is 57.9 Å². The quantitative estimate of drug-likeness (QED) is 0.532. The molecular formula is C7H2BrClINO2S. The van der Waals surface area contributed by atoms with Crippen molar-refractivity contribution in [1.29, 1.82) is 5.26 Å². The summed E-state index contributed by atoms with van der Waals surface area (Å²) in [5.74, 6) is 0. The van der Waals surface area contributed by atoms with Crippen LogP contribution >= 0.6 is 49.2 Å². The van der Waals surface area contributed by atoms with Crippen LogP contribution in [0.25, 0.3) is 0 Å². The third kappa shape index (κ3) is 2.59. The molecule has 0 fully saturated rings. The average Bonchev–Trinajstić information content (AvgIpc) is 1.99. The van der Waals surface area contributed by atoms with Gasteiger partial charge in [-0.1, -0.05) is 0 Å². The Hall–Kier alpha value is 0.160. The molecule has 0 bridgehead atoms. The zero-order valence-electron chi connectivity index (χ0n) is 6.46. The van der Waals surface area contributed by atoms with Crippen molar-refractivity contribution in [3.63, 3.8) is 0 Å². The van der Waals surface area contributed by atoms with Crippen LogP contribution in [0.1, 0.15) is 5.56 Å². The number of benzene rings is 1. The molecule has 1 rings (SSSR count). The molecule has 0 aliphatic rings. The fourth-order valence-corrected chi connectivity index (χ4v) is 4.48. The molecule has 0 heterocycles. The molecule has 0 aliphatic heterocycles. The van der Waals surface area contributed by atoms with Crippen molar-refractivity contribution in [2.75, 3.05) is 0 Å². The van der Waals surface area contributed by atoms with Gasteiger partial charge in [-0.25, -0.2) is 8.42 Å². The van der Waals surface area contributed by atoms with Gasteiger partial charge in [0.05, 0.1) is 5.56 Å². The predicted molar refractivity (Wildman–Crippen MR) is 64.6 cm³/mol. The first-order valence-corrected chi connectivity index (χ1v) is 7.38. The van der Waals surface area contributed by atoms with Gasteiger partial charge in [-0.05, 0) is 50.7 Å². The summed E-state index contributed by atoms with van der Waals surface area (Å²) in [5.41, 5.74) is 0.0405. The molecule has 0 N–H and O–H groups in total. The standard InChI is InChI=1S/C7H2BrClINO2S/c8-6-2-5(10)1-4(3-11)7(6)14(9,12)13/h1-2H. The molecule has 0 atom stereocenters. The second-order valence-corrected chi connectivity index (χ2v) is 6.92. The molecule has 0 spiro atoms. The van der Waals surface area contributed by atoms with Crippen LogP contribution in [0.2, 0.25) is 0 Å². The Bertz CT molecular complexity index is 523. The molecule has 74 valence electrons. The Balaban J connectivity index is 3.68. The van der Waals surface area contributed by atoms with Gasteiger partial charge in [-0.2, -0.15) is 5.26 Å². The van der Waals surface area contributed by atoms with Gasteiger partial charge in [0.15, 0.2) is 0 Å². The molecule has 0 unspecified atom stereocenters. The summed E-state index contributed by atoms with van der Waals surface area (Å²) in [6.45, 7) is 0. The summed E-state index contributed by atoms with van der Waals surface area (Å²) >= 11 is 5.04. The SMILES string of the molecule is N#Cc1cc(I)cc(Br)c1S(=O)(=O)Cl. The lowest BCUT2D eigenvalue weighted by atomic mass is 10.2. The first-order valence-electron chi connectivity index (χ1n) is 3.20. The number of nitriles is 1. The van der Waals surface area contributed by atoms with E-state index in [9.17, 15) is 8.42 Å². The Kier molecular flexibility index (Phi) is 3.80. The molecule has 7 heteroatoms. The summed E-state index contributed by atoms with van der Waals surface area (Å²) < 4.78 is 23.3. The van der Waals surface area contributed by atoms with Gasteiger partial charge in [0, 0.05) is 18.7 Å². The monoisotopic (exact) mass is 405 g/mol. The lowest BCUT2D eigenvalue weighted by molar-refractivity contribution is 0.609. The number of nitrogens with zero attached hydrogens (tertiary/aromatic N) is 1. The van der Waals surface area contributed by atoms with Crippen molar-refractivity contribution in [2.45, 2.75) is 4.90 Å². The lowest BCUT2D eigenvalue weighted by Gasteiger charge is -2.03. The maximum absolute atomic E-state index is 11.1. The highest BCUT2D eigenvalue weighted by molar-refractivity contribution is 14.1. The molecule has 0 aliphatic carbocycles. The van der Waals surface area contributed by atoms with Gasteiger partial charge >= 0.3 is 0 Å². The summed E-state index contributed by atoms with van der Waals surface area (Å²) in [6, 6.07) is 4.82. The first-order chi connectivity index (χ1) is 6.36. The van der Waals surface area contributed by atoms with Crippen molar-refractivity contribution < 1.29 is 8.42 Å². The highest BCUT2D eigenvalue weighted by Gasteiger charge is 2.20. The van der Waals surface area contributed by atoms with Gasteiger partial charge in [-0.3, -0.25) is 0 Å². The second-order valence-electron chi connectivity index (χ2n) is 2.31. The lowest BCUT2D eigenvalue weighted by Crippen LogP contribution is -1.97. The van der Waals surface area contributed by atoms with Crippen molar-refractivity contribution in [3.05, 3.63) is 25.7 Å². The Morgan fingerprint density at radius 2 is 2.07 bits per heavy atom. The highest BCUT2D eigenvalue weighted by atomic mass is 127. The van der Waals surface area contributed by atoms with E-state index in [1.54, 1.807) is 12.1 Å². The summed E-state index contributed by atoms with van der Waals surface area (Å²) in [4.78, 5) is -0.179. The van der Waals surface area contributed by atoms with Crippen LogP contribution < -0.4 is 0 Å². The van der Waals surface area contributed by atoms with Gasteiger partial charge in [0.2, 0.25) is 0 Å². The fraction of sp³-hybridized carbons (Fsp3) is 0. The van der Waals surface area contributed by atoms with Crippen LogP contribution in [-0.4, -0.2) is 8.42 Å². The Morgan fingerprint density at radius 1 is 1.50 bits per heavy atom. The van der Waals surface area contributed by atoms with E-state index in [1.807, 2.05) is 22.6 Å². The summed E-state index contributed by atoms with van der Waals surface area (Å²) in [7, 11) is 1.30. The van der Waals surface area contributed by atoms with E-state index in [0.29, 0.717) is 4.47 Å². The predicted octanol–water partition coefficient (Wildman–Crippen LogP) is 2.85. The van der Waals surface area contributed by atoms with E-state index in [0.717, 1.165) is 3.57 Å². The zero-order chi connectivity index (χ0) is 10.9.